The van der Waals surface area contributed by atoms with E-state index in [1.165, 1.54) is 6.42 Å². The Balaban J connectivity index is 1.46. The van der Waals surface area contributed by atoms with Crippen molar-refractivity contribution in [2.75, 3.05) is 13.2 Å². The van der Waals surface area contributed by atoms with Crippen molar-refractivity contribution in [3.8, 4) is 11.5 Å². The van der Waals surface area contributed by atoms with Crippen molar-refractivity contribution in [1.82, 2.24) is 10.2 Å². The van der Waals surface area contributed by atoms with Crippen LogP contribution in [0.1, 0.15) is 63.0 Å². The van der Waals surface area contributed by atoms with E-state index in [0.717, 1.165) is 48.3 Å². The molecule has 0 spiro atoms. The van der Waals surface area contributed by atoms with Crippen LogP contribution >= 0.6 is 0 Å². The Morgan fingerprint density at radius 3 is 2.44 bits per heavy atom. The van der Waals surface area contributed by atoms with E-state index < -0.39 is 6.04 Å². The fourth-order valence-corrected chi connectivity index (χ4v) is 4.88. The summed E-state index contributed by atoms with van der Waals surface area (Å²) in [5.74, 6) is 1.44. The molecule has 2 aliphatic rings. The molecule has 0 saturated heterocycles. The first kappa shape index (κ1) is 24.1. The van der Waals surface area contributed by atoms with E-state index in [-0.39, 0.29) is 17.9 Å². The summed E-state index contributed by atoms with van der Waals surface area (Å²) in [6.45, 7) is 3.50. The fourth-order valence-electron chi connectivity index (χ4n) is 4.88. The van der Waals surface area contributed by atoms with Gasteiger partial charge in [0.2, 0.25) is 11.8 Å². The van der Waals surface area contributed by atoms with Crippen LogP contribution in [0.4, 0.5) is 0 Å². The zero-order valence-corrected chi connectivity index (χ0v) is 20.1. The van der Waals surface area contributed by atoms with Crippen LogP contribution in [0.15, 0.2) is 48.5 Å². The molecule has 0 bridgehead atoms. The maximum Gasteiger partial charge on any atom is 0.243 e. The molecule has 1 heterocycles. The molecule has 0 unspecified atom stereocenters. The van der Waals surface area contributed by atoms with Gasteiger partial charge in [-0.15, -0.1) is 0 Å². The lowest BCUT2D eigenvalue weighted by atomic mass is 9.95. The number of nitrogens with one attached hydrogen (secondary N) is 1. The van der Waals surface area contributed by atoms with Gasteiger partial charge in [-0.3, -0.25) is 9.59 Å². The Kier molecular flexibility index (Phi) is 8.45. The van der Waals surface area contributed by atoms with E-state index in [0.29, 0.717) is 39.0 Å². The van der Waals surface area contributed by atoms with Crippen LogP contribution in [-0.4, -0.2) is 42.0 Å². The van der Waals surface area contributed by atoms with Gasteiger partial charge in [-0.25, -0.2) is 0 Å². The van der Waals surface area contributed by atoms with Crippen molar-refractivity contribution >= 4 is 11.8 Å². The Bertz CT molecular complexity index is 956. The molecular formula is C28H36N2O4. The third kappa shape index (κ3) is 6.31. The number of benzene rings is 2. The summed E-state index contributed by atoms with van der Waals surface area (Å²) in [7, 11) is 0. The van der Waals surface area contributed by atoms with Gasteiger partial charge < -0.3 is 19.7 Å². The Labute approximate surface area is 202 Å². The van der Waals surface area contributed by atoms with Gasteiger partial charge in [0.05, 0.1) is 0 Å². The van der Waals surface area contributed by atoms with Crippen LogP contribution in [-0.2, 0) is 22.6 Å². The summed E-state index contributed by atoms with van der Waals surface area (Å²) < 4.78 is 11.3. The standard InChI is InChI=1S/C28H36N2O4/c1-2-24(28(32)29-23-11-7-4-8-12-23)30(20-22-9-5-3-6-10-22)27(31)16-14-21-13-15-25-26(19-21)34-18-17-33-25/h3,5-6,9-10,13,15,19,23-24H,2,4,7-8,11-12,14,16-18,20H2,1H3,(H,29,32)/t24-/m0/s1. The molecular weight excluding hydrogens is 428 g/mol. The van der Waals surface area contributed by atoms with Crippen molar-refractivity contribution in [3.63, 3.8) is 0 Å². The highest BCUT2D eigenvalue weighted by atomic mass is 16.6. The molecule has 0 radical (unpaired) electrons. The summed E-state index contributed by atoms with van der Waals surface area (Å²) in [5.41, 5.74) is 2.05. The van der Waals surface area contributed by atoms with Gasteiger partial charge in [-0.2, -0.15) is 0 Å². The van der Waals surface area contributed by atoms with Gasteiger partial charge in [-0.05, 0) is 48.9 Å². The van der Waals surface area contributed by atoms with Crippen LogP contribution in [0.25, 0.3) is 0 Å². The second-order valence-corrected chi connectivity index (χ2v) is 9.25. The molecule has 2 amide bonds. The number of fused-ring (bicyclic) bond motifs is 1. The van der Waals surface area contributed by atoms with Crippen molar-refractivity contribution in [2.45, 2.75) is 76.9 Å². The number of aryl methyl sites for hydroxylation is 1. The van der Waals surface area contributed by atoms with Crippen molar-refractivity contribution in [3.05, 3.63) is 59.7 Å². The maximum absolute atomic E-state index is 13.5. The number of nitrogens with zero attached hydrogens (tertiary/aromatic N) is 1. The number of carbonyl (C=O) groups excluding carboxylic acids is 2. The molecule has 0 aromatic heterocycles. The molecule has 1 atom stereocenters. The highest BCUT2D eigenvalue weighted by Gasteiger charge is 2.30. The summed E-state index contributed by atoms with van der Waals surface area (Å²) >= 11 is 0. The second kappa shape index (κ2) is 11.9. The zero-order valence-electron chi connectivity index (χ0n) is 20.1. The lowest BCUT2D eigenvalue weighted by Gasteiger charge is -2.33. The number of amides is 2. The summed E-state index contributed by atoms with van der Waals surface area (Å²) in [5, 5.41) is 3.24. The molecule has 1 N–H and O–H groups in total. The van der Waals surface area contributed by atoms with Crippen molar-refractivity contribution < 1.29 is 19.1 Å². The molecule has 34 heavy (non-hydrogen) atoms. The molecule has 182 valence electrons. The predicted octanol–water partition coefficient (Wildman–Crippen LogP) is 4.65. The van der Waals surface area contributed by atoms with Crippen LogP contribution in [0.2, 0.25) is 0 Å². The van der Waals surface area contributed by atoms with E-state index in [1.54, 1.807) is 4.90 Å². The monoisotopic (exact) mass is 464 g/mol. The first-order valence-corrected chi connectivity index (χ1v) is 12.7. The van der Waals surface area contributed by atoms with Gasteiger partial charge in [-0.1, -0.05) is 62.6 Å². The molecule has 4 rings (SSSR count). The van der Waals surface area contributed by atoms with Gasteiger partial charge in [0.1, 0.15) is 19.3 Å². The number of hydrogen-bond donors (Lipinski definition) is 1. The third-order valence-electron chi connectivity index (χ3n) is 6.77. The molecule has 1 aliphatic carbocycles. The highest BCUT2D eigenvalue weighted by Crippen LogP contribution is 2.31. The molecule has 1 fully saturated rings. The summed E-state index contributed by atoms with van der Waals surface area (Å²) in [6, 6.07) is 15.5. The number of ether oxygens (including phenoxy) is 2. The van der Waals surface area contributed by atoms with Gasteiger partial charge in [0, 0.05) is 19.0 Å². The van der Waals surface area contributed by atoms with Crippen LogP contribution < -0.4 is 14.8 Å². The molecule has 1 aliphatic heterocycles. The first-order chi connectivity index (χ1) is 16.6. The maximum atomic E-state index is 13.5. The van der Waals surface area contributed by atoms with Gasteiger partial charge in [0.25, 0.3) is 0 Å². The van der Waals surface area contributed by atoms with E-state index in [1.807, 2.05) is 55.5 Å². The molecule has 6 heteroatoms. The average Bonchev–Trinajstić information content (AvgIpc) is 2.88. The summed E-state index contributed by atoms with van der Waals surface area (Å²) in [4.78, 5) is 28.5. The van der Waals surface area contributed by atoms with E-state index in [2.05, 4.69) is 5.32 Å². The minimum atomic E-state index is -0.477. The van der Waals surface area contributed by atoms with Gasteiger partial charge in [0.15, 0.2) is 11.5 Å². The van der Waals surface area contributed by atoms with Crippen molar-refractivity contribution in [1.29, 1.82) is 0 Å². The van der Waals surface area contributed by atoms with Crippen LogP contribution in [0, 0.1) is 0 Å². The quantitative estimate of drug-likeness (QED) is 0.587. The first-order valence-electron chi connectivity index (χ1n) is 12.7. The van der Waals surface area contributed by atoms with Crippen molar-refractivity contribution in [2.24, 2.45) is 0 Å². The minimum Gasteiger partial charge on any atom is -0.486 e. The average molecular weight is 465 g/mol. The topological polar surface area (TPSA) is 67.9 Å². The fraction of sp³-hybridized carbons (Fsp3) is 0.500. The number of carbonyl (C=O) groups is 2. The molecule has 2 aromatic rings. The SMILES string of the molecule is CC[C@@H](C(=O)NC1CCCCC1)N(Cc1ccccc1)C(=O)CCc1ccc2c(c1)OCCO2. The Hall–Kier alpha value is -3.02. The second-order valence-electron chi connectivity index (χ2n) is 9.25. The number of rotatable bonds is 9. The largest absolute Gasteiger partial charge is 0.486 e. The highest BCUT2D eigenvalue weighted by molar-refractivity contribution is 5.88. The summed E-state index contributed by atoms with van der Waals surface area (Å²) in [6.07, 6.45) is 7.11. The minimum absolute atomic E-state index is 0.00983. The molecule has 2 aromatic carbocycles. The van der Waals surface area contributed by atoms with Gasteiger partial charge >= 0.3 is 0 Å². The number of hydrogen-bond acceptors (Lipinski definition) is 4. The molecule has 6 nitrogen and oxygen atoms in total. The van der Waals surface area contributed by atoms with Crippen LogP contribution in [0.5, 0.6) is 11.5 Å². The van der Waals surface area contributed by atoms with E-state index in [4.69, 9.17) is 9.47 Å². The third-order valence-corrected chi connectivity index (χ3v) is 6.77. The zero-order chi connectivity index (χ0) is 23.8. The molecule has 1 saturated carbocycles. The normalized spacial score (nSPS) is 16.5. The Morgan fingerprint density at radius 2 is 1.71 bits per heavy atom. The predicted molar refractivity (Wildman–Crippen MR) is 132 cm³/mol. The lowest BCUT2D eigenvalue weighted by Crippen LogP contribution is -2.51. The van der Waals surface area contributed by atoms with Crippen LogP contribution in [0.3, 0.4) is 0 Å². The van der Waals surface area contributed by atoms with E-state index in [9.17, 15) is 9.59 Å². The lowest BCUT2D eigenvalue weighted by molar-refractivity contribution is -0.141. The van der Waals surface area contributed by atoms with E-state index >= 15 is 0 Å². The Morgan fingerprint density at radius 1 is 0.971 bits per heavy atom. The smallest absolute Gasteiger partial charge is 0.243 e.